The number of carboxylic acids is 1. The molecule has 6 nitrogen and oxygen atoms in total. The number of carboxylic acid groups (broad SMARTS) is 1. The smallest absolute Gasteiger partial charge is 0.358 e. The van der Waals surface area contributed by atoms with Gasteiger partial charge in [-0.25, -0.2) is 13.6 Å². The van der Waals surface area contributed by atoms with E-state index in [0.717, 1.165) is 6.07 Å². The Bertz CT molecular complexity index is 698. The Labute approximate surface area is 116 Å². The number of hydrogen-bond acceptors (Lipinski definition) is 5. The number of aromatic nitrogens is 1. The Morgan fingerprint density at radius 1 is 1.24 bits per heavy atom. The van der Waals surface area contributed by atoms with Crippen LogP contribution in [0.3, 0.4) is 0 Å². The molecule has 8 heteroatoms. The fourth-order valence-electron chi connectivity index (χ4n) is 1.99. The van der Waals surface area contributed by atoms with E-state index >= 15 is 0 Å². The molecule has 1 aromatic heterocycles. The topological polar surface area (TPSA) is 81.8 Å². The van der Waals surface area contributed by atoms with Gasteiger partial charge in [-0.1, -0.05) is 5.16 Å². The van der Waals surface area contributed by atoms with Crippen LogP contribution in [0.4, 0.5) is 8.78 Å². The number of aromatic carboxylic acids is 1. The average Bonchev–Trinajstić information content (AvgIpc) is 2.96. The molecular formula is C13H9F2NO5. The minimum Gasteiger partial charge on any atom is -0.486 e. The minimum absolute atomic E-state index is 0.0247. The van der Waals surface area contributed by atoms with Crippen molar-refractivity contribution < 1.29 is 32.7 Å². The normalized spacial score (nSPS) is 13.5. The van der Waals surface area contributed by atoms with Crippen molar-refractivity contribution in [3.63, 3.8) is 0 Å². The third kappa shape index (κ3) is 2.39. The second-order valence-corrected chi connectivity index (χ2v) is 4.27. The molecule has 0 spiro atoms. The van der Waals surface area contributed by atoms with Crippen molar-refractivity contribution in [1.82, 2.24) is 5.16 Å². The van der Waals surface area contributed by atoms with Gasteiger partial charge in [0.15, 0.2) is 23.0 Å². The predicted octanol–water partition coefficient (Wildman–Crippen LogP) is 2.75. The SMILES string of the molecule is O=C(O)c1cc(-c2cc(C(F)F)cc3c2OCCO3)on1. The average molecular weight is 297 g/mol. The molecule has 1 aromatic carbocycles. The quantitative estimate of drug-likeness (QED) is 0.938. The largest absolute Gasteiger partial charge is 0.486 e. The highest BCUT2D eigenvalue weighted by molar-refractivity contribution is 5.87. The molecule has 0 amide bonds. The summed E-state index contributed by atoms with van der Waals surface area (Å²) in [5, 5.41) is 12.2. The van der Waals surface area contributed by atoms with E-state index in [-0.39, 0.29) is 47.3 Å². The number of carbonyl (C=O) groups is 1. The monoisotopic (exact) mass is 297 g/mol. The van der Waals surface area contributed by atoms with Gasteiger partial charge in [0, 0.05) is 11.6 Å². The summed E-state index contributed by atoms with van der Waals surface area (Å²) in [7, 11) is 0. The maximum Gasteiger partial charge on any atom is 0.358 e. The zero-order valence-electron chi connectivity index (χ0n) is 10.5. The van der Waals surface area contributed by atoms with Gasteiger partial charge >= 0.3 is 5.97 Å². The molecule has 0 radical (unpaired) electrons. The molecule has 0 saturated heterocycles. The van der Waals surface area contributed by atoms with Crippen LogP contribution in [-0.4, -0.2) is 29.4 Å². The second kappa shape index (κ2) is 5.04. The van der Waals surface area contributed by atoms with Crippen LogP contribution in [0.25, 0.3) is 11.3 Å². The summed E-state index contributed by atoms with van der Waals surface area (Å²) < 4.78 is 41.5. The molecule has 0 unspecified atom stereocenters. The molecule has 21 heavy (non-hydrogen) atoms. The van der Waals surface area contributed by atoms with E-state index in [1.807, 2.05) is 0 Å². The number of nitrogens with zero attached hydrogens (tertiary/aromatic N) is 1. The lowest BCUT2D eigenvalue weighted by Crippen LogP contribution is -2.16. The molecule has 0 fully saturated rings. The number of benzene rings is 1. The molecule has 2 heterocycles. The molecule has 1 N–H and O–H groups in total. The molecule has 0 atom stereocenters. The van der Waals surface area contributed by atoms with Crippen molar-refractivity contribution in [2.45, 2.75) is 6.43 Å². The van der Waals surface area contributed by atoms with Crippen LogP contribution in [0.5, 0.6) is 11.5 Å². The molecule has 1 aliphatic rings. The van der Waals surface area contributed by atoms with E-state index in [9.17, 15) is 13.6 Å². The second-order valence-electron chi connectivity index (χ2n) is 4.27. The Kier molecular flexibility index (Phi) is 3.20. The van der Waals surface area contributed by atoms with E-state index in [4.69, 9.17) is 19.1 Å². The Morgan fingerprint density at radius 2 is 2.00 bits per heavy atom. The lowest BCUT2D eigenvalue weighted by molar-refractivity contribution is 0.0685. The molecule has 3 rings (SSSR count). The van der Waals surface area contributed by atoms with Crippen LogP contribution in [0.2, 0.25) is 0 Å². The van der Waals surface area contributed by atoms with Gasteiger partial charge in [-0.2, -0.15) is 0 Å². The molecule has 0 aliphatic carbocycles. The lowest BCUT2D eigenvalue weighted by Gasteiger charge is -2.21. The Hall–Kier alpha value is -2.64. The van der Waals surface area contributed by atoms with Gasteiger partial charge in [-0.15, -0.1) is 0 Å². The molecule has 110 valence electrons. The maximum absolute atomic E-state index is 12.9. The van der Waals surface area contributed by atoms with E-state index in [0.29, 0.717) is 0 Å². The first-order chi connectivity index (χ1) is 10.1. The van der Waals surface area contributed by atoms with Crippen LogP contribution < -0.4 is 9.47 Å². The van der Waals surface area contributed by atoms with Crippen LogP contribution in [0, 0.1) is 0 Å². The summed E-state index contributed by atoms with van der Waals surface area (Å²) >= 11 is 0. The number of fused-ring (bicyclic) bond motifs is 1. The zero-order chi connectivity index (χ0) is 15.0. The first kappa shape index (κ1) is 13.3. The number of halogens is 2. The first-order valence-electron chi connectivity index (χ1n) is 5.98. The zero-order valence-corrected chi connectivity index (χ0v) is 10.5. The minimum atomic E-state index is -2.71. The van der Waals surface area contributed by atoms with Crippen LogP contribution in [0.1, 0.15) is 22.5 Å². The lowest BCUT2D eigenvalue weighted by atomic mass is 10.1. The fourth-order valence-corrected chi connectivity index (χ4v) is 1.99. The summed E-state index contributed by atoms with van der Waals surface area (Å²) in [6, 6.07) is 3.51. The molecule has 0 saturated carbocycles. The van der Waals surface area contributed by atoms with Gasteiger partial charge in [0.05, 0.1) is 5.56 Å². The van der Waals surface area contributed by atoms with Gasteiger partial charge in [0.25, 0.3) is 6.43 Å². The van der Waals surface area contributed by atoms with Crippen molar-refractivity contribution in [3.05, 3.63) is 29.5 Å². The van der Waals surface area contributed by atoms with Crippen LogP contribution >= 0.6 is 0 Å². The van der Waals surface area contributed by atoms with E-state index in [1.54, 1.807) is 0 Å². The Morgan fingerprint density at radius 3 is 2.67 bits per heavy atom. The number of ether oxygens (including phenoxy) is 2. The third-order valence-corrected chi connectivity index (χ3v) is 2.91. The summed E-state index contributed by atoms with van der Waals surface area (Å²) in [6.07, 6.45) is -2.71. The maximum atomic E-state index is 12.9. The van der Waals surface area contributed by atoms with Gasteiger partial charge in [0.2, 0.25) is 0 Å². The molecule has 1 aliphatic heterocycles. The van der Waals surface area contributed by atoms with Crippen LogP contribution in [0.15, 0.2) is 22.7 Å². The van der Waals surface area contributed by atoms with E-state index in [2.05, 4.69) is 5.16 Å². The number of hydrogen-bond donors (Lipinski definition) is 1. The van der Waals surface area contributed by atoms with E-state index in [1.165, 1.54) is 12.1 Å². The predicted molar refractivity (Wildman–Crippen MR) is 64.8 cm³/mol. The summed E-state index contributed by atoms with van der Waals surface area (Å²) in [5.74, 6) is -0.848. The Balaban J connectivity index is 2.14. The van der Waals surface area contributed by atoms with Crippen molar-refractivity contribution >= 4 is 5.97 Å². The van der Waals surface area contributed by atoms with E-state index < -0.39 is 12.4 Å². The standard InChI is InChI=1S/C13H9F2NO5/c14-12(15)6-3-7(9-5-8(13(17)18)16-21-9)11-10(4-6)19-1-2-20-11/h3-5,12H,1-2H2,(H,17,18). The van der Waals surface area contributed by atoms with Gasteiger partial charge < -0.3 is 19.1 Å². The van der Waals surface area contributed by atoms with Gasteiger partial charge in [-0.3, -0.25) is 0 Å². The number of rotatable bonds is 3. The number of alkyl halides is 2. The van der Waals surface area contributed by atoms with Crippen molar-refractivity contribution in [2.75, 3.05) is 13.2 Å². The fraction of sp³-hybridized carbons (Fsp3) is 0.231. The highest BCUT2D eigenvalue weighted by Crippen LogP contribution is 2.43. The molecular weight excluding hydrogens is 288 g/mol. The molecule has 2 aromatic rings. The highest BCUT2D eigenvalue weighted by Gasteiger charge is 2.24. The highest BCUT2D eigenvalue weighted by atomic mass is 19.3. The van der Waals surface area contributed by atoms with Gasteiger partial charge in [-0.05, 0) is 12.1 Å². The summed E-state index contributed by atoms with van der Waals surface area (Å²) in [5.41, 5.74) is -0.414. The first-order valence-corrected chi connectivity index (χ1v) is 5.98. The van der Waals surface area contributed by atoms with Crippen molar-refractivity contribution in [2.24, 2.45) is 0 Å². The third-order valence-electron chi connectivity index (χ3n) is 2.91. The summed E-state index contributed by atoms with van der Waals surface area (Å²) in [6.45, 7) is 0.504. The van der Waals surface area contributed by atoms with Crippen molar-refractivity contribution in [1.29, 1.82) is 0 Å². The van der Waals surface area contributed by atoms with Gasteiger partial charge in [0.1, 0.15) is 13.2 Å². The van der Waals surface area contributed by atoms with Crippen molar-refractivity contribution in [3.8, 4) is 22.8 Å². The van der Waals surface area contributed by atoms with Crippen LogP contribution in [-0.2, 0) is 0 Å². The molecule has 0 bridgehead atoms. The summed E-state index contributed by atoms with van der Waals surface area (Å²) in [4.78, 5) is 10.8.